The maximum atomic E-state index is 2.60. The topological polar surface area (TPSA) is 3.88 Å². The van der Waals surface area contributed by atoms with Crippen molar-refractivity contribution in [3.05, 3.63) is 84.1 Å². The predicted molar refractivity (Wildman–Crippen MR) is 152 cm³/mol. The Bertz CT molecular complexity index is 1380. The lowest BCUT2D eigenvalue weighted by Gasteiger charge is -2.22. The van der Waals surface area contributed by atoms with Crippen LogP contribution in [0.1, 0.15) is 55.6 Å². The summed E-state index contributed by atoms with van der Waals surface area (Å²) >= 11 is 0. The van der Waals surface area contributed by atoms with E-state index in [0.29, 0.717) is 5.92 Å². The van der Waals surface area contributed by atoms with Gasteiger partial charge in [0.05, 0.1) is 19.0 Å². The minimum atomic E-state index is -1.29. The van der Waals surface area contributed by atoms with Crippen molar-refractivity contribution in [2.45, 2.75) is 70.0 Å². The highest BCUT2D eigenvalue weighted by molar-refractivity contribution is 6.91. The molecule has 1 aromatic heterocycles. The molecule has 0 bridgehead atoms. The van der Waals surface area contributed by atoms with Crippen LogP contribution in [-0.2, 0) is 7.05 Å². The van der Waals surface area contributed by atoms with Crippen LogP contribution in [0.15, 0.2) is 72.9 Å². The van der Waals surface area contributed by atoms with Gasteiger partial charge in [-0.3, -0.25) is 0 Å². The van der Waals surface area contributed by atoms with Gasteiger partial charge in [0.1, 0.15) is 7.05 Å². The molecule has 2 heteroatoms. The normalized spacial score (nSPS) is 17.9. The Morgan fingerprint density at radius 2 is 1.54 bits per heavy atom. The summed E-state index contributed by atoms with van der Waals surface area (Å²) in [5.41, 5.74) is 8.48. The first-order valence-corrected chi connectivity index (χ1v) is 16.6. The Morgan fingerprint density at radius 3 is 2.29 bits per heavy atom. The first-order valence-electron chi connectivity index (χ1n) is 13.7. The number of hydrogen-bond acceptors (Lipinski definition) is 0. The van der Waals surface area contributed by atoms with E-state index in [1.54, 1.807) is 10.8 Å². The minimum absolute atomic E-state index is 0.692. The van der Waals surface area contributed by atoms with E-state index in [9.17, 15) is 0 Å². The summed E-state index contributed by atoms with van der Waals surface area (Å²) < 4.78 is 2.35. The van der Waals surface area contributed by atoms with Gasteiger partial charge in [-0.15, -0.1) is 0 Å². The van der Waals surface area contributed by atoms with Gasteiger partial charge in [0.15, 0.2) is 6.20 Å². The van der Waals surface area contributed by atoms with E-state index in [1.165, 1.54) is 89.3 Å². The van der Waals surface area contributed by atoms with Crippen LogP contribution in [0.3, 0.4) is 0 Å². The van der Waals surface area contributed by atoms with E-state index >= 15 is 0 Å². The summed E-state index contributed by atoms with van der Waals surface area (Å²) in [5.74, 6) is 0.692. The van der Waals surface area contributed by atoms with Gasteiger partial charge in [0, 0.05) is 6.07 Å². The molecule has 2 heterocycles. The van der Waals surface area contributed by atoms with Gasteiger partial charge in [-0.2, -0.15) is 0 Å². The molecular formula is C33H38NSi+. The highest BCUT2D eigenvalue weighted by Crippen LogP contribution is 2.42. The molecule has 0 N–H and O–H groups in total. The second-order valence-electron chi connectivity index (χ2n) is 11.4. The van der Waals surface area contributed by atoms with Crippen LogP contribution >= 0.6 is 0 Å². The van der Waals surface area contributed by atoms with Crippen molar-refractivity contribution in [2.75, 3.05) is 0 Å². The zero-order chi connectivity index (χ0) is 24.0. The maximum Gasteiger partial charge on any atom is 0.220 e. The summed E-state index contributed by atoms with van der Waals surface area (Å²) in [5, 5.41) is 4.45. The van der Waals surface area contributed by atoms with Crippen LogP contribution in [0.2, 0.25) is 18.6 Å². The third-order valence-electron chi connectivity index (χ3n) is 9.15. The van der Waals surface area contributed by atoms with Gasteiger partial charge < -0.3 is 0 Å². The molecule has 1 aliphatic heterocycles. The van der Waals surface area contributed by atoms with Crippen LogP contribution in [0.5, 0.6) is 0 Å². The fourth-order valence-corrected chi connectivity index (χ4v) is 10.8. The van der Waals surface area contributed by atoms with Gasteiger partial charge in [0.2, 0.25) is 5.69 Å². The molecule has 0 unspecified atom stereocenters. The van der Waals surface area contributed by atoms with Crippen LogP contribution in [0, 0.1) is 6.92 Å². The SMILES string of the molecule is Cc1c(-c2c3ccc([Si]4(C)CCCC4)cc3cc[n+]2C)cc(-c2ccccc2)cc1C1CCCC1. The van der Waals surface area contributed by atoms with Crippen molar-refractivity contribution in [2.24, 2.45) is 7.05 Å². The third kappa shape index (κ3) is 4.06. The average molecular weight is 477 g/mol. The van der Waals surface area contributed by atoms with Crippen molar-refractivity contribution in [3.63, 3.8) is 0 Å². The number of pyridine rings is 1. The Hall–Kier alpha value is -2.71. The van der Waals surface area contributed by atoms with Gasteiger partial charge in [-0.05, 0) is 65.5 Å². The summed E-state index contributed by atoms with van der Waals surface area (Å²) in [6.07, 6.45) is 10.5. The molecule has 6 rings (SSSR count). The number of hydrogen-bond donors (Lipinski definition) is 0. The van der Waals surface area contributed by atoms with E-state index in [2.05, 4.69) is 98.0 Å². The highest BCUT2D eigenvalue weighted by atomic mass is 28.3. The molecular weight excluding hydrogens is 438 g/mol. The van der Waals surface area contributed by atoms with Crippen molar-refractivity contribution in [1.29, 1.82) is 0 Å². The van der Waals surface area contributed by atoms with Crippen molar-refractivity contribution in [1.82, 2.24) is 0 Å². The van der Waals surface area contributed by atoms with Crippen molar-refractivity contribution in [3.8, 4) is 22.4 Å². The van der Waals surface area contributed by atoms with E-state index < -0.39 is 8.07 Å². The molecule has 0 spiro atoms. The minimum Gasteiger partial charge on any atom is -0.200 e. The first-order chi connectivity index (χ1) is 17.0. The molecule has 0 atom stereocenters. The fourth-order valence-electron chi connectivity index (χ4n) is 6.97. The van der Waals surface area contributed by atoms with Crippen molar-refractivity contribution >= 4 is 24.0 Å². The lowest BCUT2D eigenvalue weighted by atomic mass is 9.85. The van der Waals surface area contributed by atoms with Crippen molar-refractivity contribution < 1.29 is 4.57 Å². The number of rotatable bonds is 4. The maximum absolute atomic E-state index is 2.60. The summed E-state index contributed by atoms with van der Waals surface area (Å²) in [6, 6.07) is 28.6. The van der Waals surface area contributed by atoms with Crippen LogP contribution in [-0.4, -0.2) is 8.07 Å². The monoisotopic (exact) mass is 476 g/mol. The molecule has 1 saturated carbocycles. The van der Waals surface area contributed by atoms with Crippen LogP contribution < -0.4 is 9.75 Å². The van der Waals surface area contributed by atoms with E-state index in [0.717, 1.165) is 0 Å². The largest absolute Gasteiger partial charge is 0.220 e. The van der Waals surface area contributed by atoms with Crippen LogP contribution in [0.4, 0.5) is 0 Å². The number of fused-ring (bicyclic) bond motifs is 1. The lowest BCUT2D eigenvalue weighted by molar-refractivity contribution is -0.659. The number of aryl methyl sites for hydroxylation is 1. The molecule has 1 saturated heterocycles. The predicted octanol–water partition coefficient (Wildman–Crippen LogP) is 8.04. The molecule has 3 aromatic carbocycles. The van der Waals surface area contributed by atoms with Gasteiger partial charge >= 0.3 is 0 Å². The highest BCUT2D eigenvalue weighted by Gasteiger charge is 2.33. The number of nitrogens with zero attached hydrogens (tertiary/aromatic N) is 1. The molecule has 35 heavy (non-hydrogen) atoms. The molecule has 4 aromatic rings. The van der Waals surface area contributed by atoms with E-state index in [4.69, 9.17) is 0 Å². The Balaban J connectivity index is 1.57. The zero-order valence-electron chi connectivity index (χ0n) is 21.6. The molecule has 1 nitrogen and oxygen atoms in total. The summed E-state index contributed by atoms with van der Waals surface area (Å²) in [4.78, 5) is 0. The van der Waals surface area contributed by atoms with Gasteiger partial charge in [-0.1, -0.05) is 98.0 Å². The van der Waals surface area contributed by atoms with E-state index in [-0.39, 0.29) is 0 Å². The number of benzene rings is 3. The quantitative estimate of drug-likeness (QED) is 0.207. The molecule has 178 valence electrons. The number of aromatic nitrogens is 1. The third-order valence-corrected chi connectivity index (χ3v) is 13.8. The Morgan fingerprint density at radius 1 is 0.800 bits per heavy atom. The lowest BCUT2D eigenvalue weighted by Crippen LogP contribution is -2.41. The Kier molecular flexibility index (Phi) is 5.88. The zero-order valence-corrected chi connectivity index (χ0v) is 22.6. The second-order valence-corrected chi connectivity index (χ2v) is 16.1. The fraction of sp³-hybridized carbons (Fsp3) is 0.364. The molecule has 2 fully saturated rings. The van der Waals surface area contributed by atoms with E-state index in [1.807, 2.05) is 0 Å². The molecule has 2 aliphatic rings. The molecule has 0 amide bonds. The summed E-state index contributed by atoms with van der Waals surface area (Å²) in [7, 11) is 0.934. The average Bonchev–Trinajstić information content (AvgIpc) is 3.58. The van der Waals surface area contributed by atoms with Gasteiger partial charge in [0.25, 0.3) is 0 Å². The first kappa shape index (κ1) is 22.7. The Labute approximate surface area is 211 Å². The summed E-state index contributed by atoms with van der Waals surface area (Å²) in [6.45, 7) is 4.98. The standard InChI is InChI=1S/C33H38NSi/c1-24-31(26-13-7-8-14-26)22-28(25-11-5-4-6-12-25)23-32(24)33-30-16-15-29(35(3)19-9-10-20-35)21-27(30)17-18-34(33)2/h4-6,11-12,15-18,21-23,26H,7-10,13-14,19-20H2,1-3H3/q+1. The van der Waals surface area contributed by atoms with Gasteiger partial charge in [-0.25, -0.2) is 4.57 Å². The van der Waals surface area contributed by atoms with Crippen LogP contribution in [0.25, 0.3) is 33.2 Å². The molecule has 0 radical (unpaired) electrons. The smallest absolute Gasteiger partial charge is 0.200 e. The second kappa shape index (κ2) is 9.06. The molecule has 1 aliphatic carbocycles.